The van der Waals surface area contributed by atoms with E-state index in [9.17, 15) is 13.9 Å². The molecule has 9 heteroatoms. The molecule has 7 nitrogen and oxygen atoms in total. The number of fused-ring (bicyclic) bond motifs is 1. The number of aromatic hydroxyl groups is 1. The molecule has 0 amide bonds. The Morgan fingerprint density at radius 3 is 2.31 bits per heavy atom. The van der Waals surface area contributed by atoms with Crippen LogP contribution in [0.3, 0.4) is 0 Å². The van der Waals surface area contributed by atoms with Crippen LogP contribution in [0.15, 0.2) is 67.0 Å². The molecule has 0 unspecified atom stereocenters. The molecule has 5 rings (SSSR count). The molecule has 0 spiro atoms. The molecular weight excluding hydrogens is 464 g/mol. The summed E-state index contributed by atoms with van der Waals surface area (Å²) in [5, 5.41) is 13.0. The van der Waals surface area contributed by atoms with Gasteiger partial charge in [0.05, 0.1) is 24.0 Å². The Labute approximate surface area is 205 Å². The molecule has 0 radical (unpaired) electrons. The topological polar surface area (TPSA) is 98.2 Å². The standard InChI is InChI=1S/C27H23F2N5O2/c1-15-23-25(27(33-14-32-23)31-13-16-3-9-20(36-2)10-4-16)34(19-11-21(28)26(35)22(29)12-19)24(15)17-5-7-18(30)8-6-17/h3-12,14,35H,13,30H2,1-2H3,(H,31,32,33). The molecule has 3 aromatic carbocycles. The minimum Gasteiger partial charge on any atom is -0.503 e. The Balaban J connectivity index is 1.72. The molecule has 2 aromatic heterocycles. The van der Waals surface area contributed by atoms with Gasteiger partial charge in [-0.05, 0) is 42.3 Å². The third-order valence-corrected chi connectivity index (χ3v) is 6.04. The average molecular weight is 488 g/mol. The lowest BCUT2D eigenvalue weighted by molar-refractivity contribution is 0.396. The van der Waals surface area contributed by atoms with Crippen LogP contribution >= 0.6 is 0 Å². The number of methoxy groups -OCH3 is 1. The largest absolute Gasteiger partial charge is 0.503 e. The van der Waals surface area contributed by atoms with E-state index in [0.29, 0.717) is 34.8 Å². The van der Waals surface area contributed by atoms with E-state index >= 15 is 0 Å². The fraction of sp³-hybridized carbons (Fsp3) is 0.111. The predicted molar refractivity (Wildman–Crippen MR) is 135 cm³/mol. The fourth-order valence-corrected chi connectivity index (χ4v) is 4.24. The molecule has 0 atom stereocenters. The molecular formula is C27H23F2N5O2. The average Bonchev–Trinajstić information content (AvgIpc) is 3.19. The fourth-order valence-electron chi connectivity index (χ4n) is 4.24. The van der Waals surface area contributed by atoms with Crippen LogP contribution in [-0.4, -0.2) is 26.8 Å². The summed E-state index contributed by atoms with van der Waals surface area (Å²) >= 11 is 0. The highest BCUT2D eigenvalue weighted by Gasteiger charge is 2.23. The van der Waals surface area contributed by atoms with Gasteiger partial charge in [-0.25, -0.2) is 18.7 Å². The monoisotopic (exact) mass is 487 g/mol. The van der Waals surface area contributed by atoms with Crippen molar-refractivity contribution in [2.45, 2.75) is 13.5 Å². The molecule has 5 aromatic rings. The summed E-state index contributed by atoms with van der Waals surface area (Å²) in [4.78, 5) is 8.92. The van der Waals surface area contributed by atoms with Crippen LogP contribution in [0.2, 0.25) is 0 Å². The first-order chi connectivity index (χ1) is 17.4. The maximum atomic E-state index is 14.5. The Kier molecular flexibility index (Phi) is 5.89. The highest BCUT2D eigenvalue weighted by molar-refractivity contribution is 5.96. The zero-order chi connectivity index (χ0) is 25.4. The number of phenolic OH excluding ortho intramolecular Hbond substituents is 1. The van der Waals surface area contributed by atoms with Crippen LogP contribution < -0.4 is 15.8 Å². The van der Waals surface area contributed by atoms with E-state index in [-0.39, 0.29) is 5.69 Å². The van der Waals surface area contributed by atoms with Crippen molar-refractivity contribution in [2.75, 3.05) is 18.2 Å². The maximum absolute atomic E-state index is 14.5. The lowest BCUT2D eigenvalue weighted by Gasteiger charge is -2.15. The molecule has 0 fully saturated rings. The number of hydrogen-bond acceptors (Lipinski definition) is 6. The number of nitrogens with two attached hydrogens (primary N) is 1. The molecule has 0 aliphatic rings. The first-order valence-electron chi connectivity index (χ1n) is 11.1. The molecule has 0 bridgehead atoms. The third-order valence-electron chi connectivity index (χ3n) is 6.04. The van der Waals surface area contributed by atoms with Gasteiger partial charge in [0.15, 0.2) is 23.2 Å². The van der Waals surface area contributed by atoms with Gasteiger partial charge in [0.25, 0.3) is 0 Å². The van der Waals surface area contributed by atoms with E-state index in [2.05, 4.69) is 15.3 Å². The van der Waals surface area contributed by atoms with Crippen LogP contribution in [0.4, 0.5) is 20.3 Å². The second-order valence-corrected chi connectivity index (χ2v) is 8.31. The minimum absolute atomic E-state index is 0.176. The molecule has 0 saturated carbocycles. The van der Waals surface area contributed by atoms with Gasteiger partial charge >= 0.3 is 0 Å². The third kappa shape index (κ3) is 4.04. The summed E-state index contributed by atoms with van der Waals surface area (Å²) in [6.45, 7) is 2.33. The van der Waals surface area contributed by atoms with E-state index in [1.54, 1.807) is 23.8 Å². The zero-order valence-electron chi connectivity index (χ0n) is 19.6. The number of halogens is 2. The summed E-state index contributed by atoms with van der Waals surface area (Å²) in [6.07, 6.45) is 1.45. The number of rotatable bonds is 6. The Hall–Kier alpha value is -4.66. The molecule has 36 heavy (non-hydrogen) atoms. The molecule has 2 heterocycles. The number of nitrogen functional groups attached to an aromatic ring is 1. The number of ether oxygens (including phenoxy) is 1. The van der Waals surface area contributed by atoms with Gasteiger partial charge in [0, 0.05) is 29.9 Å². The lowest BCUT2D eigenvalue weighted by Crippen LogP contribution is -2.06. The predicted octanol–water partition coefficient (Wildman–Crippen LogP) is 5.58. The van der Waals surface area contributed by atoms with E-state index in [1.165, 1.54) is 6.33 Å². The van der Waals surface area contributed by atoms with Gasteiger partial charge in [-0.3, -0.25) is 0 Å². The van der Waals surface area contributed by atoms with Crippen molar-refractivity contribution >= 4 is 22.5 Å². The van der Waals surface area contributed by atoms with Crippen molar-refractivity contribution in [3.8, 4) is 28.4 Å². The van der Waals surface area contributed by atoms with Gasteiger partial charge < -0.3 is 25.5 Å². The molecule has 0 saturated heterocycles. The molecule has 182 valence electrons. The summed E-state index contributed by atoms with van der Waals surface area (Å²) in [5.41, 5.74) is 11.0. The number of nitrogens with zero attached hydrogens (tertiary/aromatic N) is 3. The van der Waals surface area contributed by atoms with Gasteiger partial charge in [0.2, 0.25) is 0 Å². The van der Waals surface area contributed by atoms with Crippen molar-refractivity contribution in [1.29, 1.82) is 0 Å². The van der Waals surface area contributed by atoms with Crippen LogP contribution in [0.5, 0.6) is 11.5 Å². The summed E-state index contributed by atoms with van der Waals surface area (Å²) in [7, 11) is 1.61. The second kappa shape index (κ2) is 9.18. The van der Waals surface area contributed by atoms with Crippen molar-refractivity contribution in [3.05, 3.63) is 89.8 Å². The van der Waals surface area contributed by atoms with Crippen LogP contribution in [0, 0.1) is 18.6 Å². The first kappa shape index (κ1) is 23.1. The summed E-state index contributed by atoms with van der Waals surface area (Å²) in [5.74, 6) is -1.95. The summed E-state index contributed by atoms with van der Waals surface area (Å²) < 4.78 is 35.9. The smallest absolute Gasteiger partial charge is 0.187 e. The number of anilines is 2. The highest BCUT2D eigenvalue weighted by atomic mass is 19.1. The summed E-state index contributed by atoms with van der Waals surface area (Å²) in [6, 6.07) is 16.9. The number of aryl methyl sites for hydroxylation is 1. The Morgan fingerprint density at radius 1 is 1.00 bits per heavy atom. The maximum Gasteiger partial charge on any atom is 0.187 e. The van der Waals surface area contributed by atoms with Gasteiger partial charge in [0.1, 0.15) is 17.6 Å². The Bertz CT molecular complexity index is 1540. The van der Waals surface area contributed by atoms with Crippen molar-refractivity contribution in [1.82, 2.24) is 14.5 Å². The van der Waals surface area contributed by atoms with Crippen molar-refractivity contribution < 1.29 is 18.6 Å². The van der Waals surface area contributed by atoms with Crippen LogP contribution in [0.1, 0.15) is 11.1 Å². The van der Waals surface area contributed by atoms with E-state index in [1.807, 2.05) is 43.3 Å². The number of benzene rings is 3. The van der Waals surface area contributed by atoms with Crippen molar-refractivity contribution in [2.24, 2.45) is 0 Å². The van der Waals surface area contributed by atoms with Gasteiger partial charge in [-0.15, -0.1) is 0 Å². The van der Waals surface area contributed by atoms with Crippen LogP contribution in [0.25, 0.3) is 28.0 Å². The SMILES string of the molecule is COc1ccc(CNc2ncnc3c(C)c(-c4ccc(N)cc4)n(-c4cc(F)c(O)c(F)c4)c23)cc1. The van der Waals surface area contributed by atoms with Crippen LogP contribution in [-0.2, 0) is 6.54 Å². The second-order valence-electron chi connectivity index (χ2n) is 8.31. The van der Waals surface area contributed by atoms with E-state index in [0.717, 1.165) is 34.6 Å². The minimum atomic E-state index is -1.07. The molecule has 0 aliphatic heterocycles. The normalized spacial score (nSPS) is 11.1. The Morgan fingerprint density at radius 2 is 1.67 bits per heavy atom. The molecule has 4 N–H and O–H groups in total. The highest BCUT2D eigenvalue weighted by Crippen LogP contribution is 2.39. The van der Waals surface area contributed by atoms with E-state index in [4.69, 9.17) is 10.5 Å². The van der Waals surface area contributed by atoms with Gasteiger partial charge in [-0.1, -0.05) is 24.3 Å². The quantitative estimate of drug-likeness (QED) is 0.271. The van der Waals surface area contributed by atoms with Gasteiger partial charge in [-0.2, -0.15) is 0 Å². The van der Waals surface area contributed by atoms with Crippen molar-refractivity contribution in [3.63, 3.8) is 0 Å². The number of phenols is 1. The number of nitrogens with one attached hydrogen (secondary N) is 1. The number of hydrogen-bond donors (Lipinski definition) is 3. The van der Waals surface area contributed by atoms with E-state index < -0.39 is 17.4 Å². The zero-order valence-corrected chi connectivity index (χ0v) is 19.6. The molecule has 0 aliphatic carbocycles. The lowest BCUT2D eigenvalue weighted by atomic mass is 10.1. The first-order valence-corrected chi connectivity index (χ1v) is 11.1. The number of aromatic nitrogens is 3.